The van der Waals surface area contributed by atoms with Crippen molar-refractivity contribution in [3.63, 3.8) is 0 Å². The van der Waals surface area contributed by atoms with Crippen LogP contribution in [0.3, 0.4) is 0 Å². The number of fused-ring (bicyclic) bond motifs is 3. The van der Waals surface area contributed by atoms with E-state index in [0.29, 0.717) is 23.8 Å². The zero-order valence-corrected chi connectivity index (χ0v) is 21.7. The van der Waals surface area contributed by atoms with Crippen molar-refractivity contribution in [3.8, 4) is 0 Å². The number of carbonyl (C=O) groups is 1. The van der Waals surface area contributed by atoms with Crippen LogP contribution < -0.4 is 10.4 Å². The molecule has 1 aromatic heterocycles. The Hall–Kier alpha value is -2.99. The van der Waals surface area contributed by atoms with Gasteiger partial charge in [-0.2, -0.15) is 0 Å². The van der Waals surface area contributed by atoms with Crippen molar-refractivity contribution in [1.82, 2.24) is 9.58 Å². The first-order chi connectivity index (χ1) is 16.9. The van der Waals surface area contributed by atoms with Gasteiger partial charge in [0.05, 0.1) is 6.04 Å². The highest BCUT2D eigenvalue weighted by Gasteiger charge is 2.39. The molecule has 1 unspecified atom stereocenters. The van der Waals surface area contributed by atoms with Crippen LogP contribution in [-0.4, -0.2) is 28.2 Å². The summed E-state index contributed by atoms with van der Waals surface area (Å²) in [6.07, 6.45) is 3.59. The molecule has 2 aromatic carbocycles. The topological polar surface area (TPSA) is 45.5 Å². The van der Waals surface area contributed by atoms with E-state index in [4.69, 9.17) is 0 Å². The molecule has 0 saturated carbocycles. The molecule has 0 spiro atoms. The van der Waals surface area contributed by atoms with Crippen molar-refractivity contribution in [3.05, 3.63) is 99.0 Å². The Bertz CT molecular complexity index is 1270. The molecule has 0 N–H and O–H groups in total. The maximum Gasteiger partial charge on any atom is 0.274 e. The first kappa shape index (κ1) is 23.7. The van der Waals surface area contributed by atoms with Crippen LogP contribution in [-0.2, 0) is 5.75 Å². The molecule has 0 aliphatic carbocycles. The van der Waals surface area contributed by atoms with E-state index >= 15 is 0 Å². The summed E-state index contributed by atoms with van der Waals surface area (Å²) in [6.45, 7) is 8.80. The largest absolute Gasteiger partial charge is 0.315 e. The molecule has 6 heteroatoms. The van der Waals surface area contributed by atoms with Gasteiger partial charge in [0.2, 0.25) is 0 Å². The van der Waals surface area contributed by atoms with Gasteiger partial charge in [-0.15, -0.1) is 11.8 Å². The summed E-state index contributed by atoms with van der Waals surface area (Å²) in [5.41, 5.74) is 4.68. The van der Waals surface area contributed by atoms with E-state index in [2.05, 4.69) is 74.3 Å². The molecule has 2 aliphatic rings. The van der Waals surface area contributed by atoms with E-state index in [1.807, 2.05) is 21.3 Å². The minimum atomic E-state index is -0.0967. The molecule has 0 bridgehead atoms. The Labute approximate surface area is 211 Å². The van der Waals surface area contributed by atoms with Gasteiger partial charge in [-0.3, -0.25) is 19.3 Å². The SMILES string of the molecule is CC[C@H](CC(C)C)N1CN(C2c3ccccc3CSc3ccccc32)n2ccc(=O)c(C)c2C1=O. The first-order valence-electron chi connectivity index (χ1n) is 12.5. The van der Waals surface area contributed by atoms with Gasteiger partial charge in [0.25, 0.3) is 5.91 Å². The number of thioether (sulfide) groups is 1. The van der Waals surface area contributed by atoms with E-state index in [0.717, 1.165) is 18.6 Å². The van der Waals surface area contributed by atoms with E-state index < -0.39 is 0 Å². The smallest absolute Gasteiger partial charge is 0.274 e. The summed E-state index contributed by atoms with van der Waals surface area (Å²) in [5.74, 6) is 1.33. The number of aromatic nitrogens is 1. The van der Waals surface area contributed by atoms with Gasteiger partial charge in [0, 0.05) is 34.5 Å². The van der Waals surface area contributed by atoms with Gasteiger partial charge >= 0.3 is 0 Å². The lowest BCUT2D eigenvalue weighted by molar-refractivity contribution is 0.0561. The molecule has 1 amide bonds. The second-order valence-corrected chi connectivity index (χ2v) is 11.0. The van der Waals surface area contributed by atoms with Crippen LogP contribution in [0.25, 0.3) is 0 Å². The van der Waals surface area contributed by atoms with Crippen LogP contribution in [0, 0.1) is 12.8 Å². The Morgan fingerprint density at radius 1 is 1.00 bits per heavy atom. The number of benzene rings is 2. The Kier molecular flexibility index (Phi) is 6.49. The van der Waals surface area contributed by atoms with Crippen molar-refractivity contribution in [2.24, 2.45) is 5.92 Å². The average Bonchev–Trinajstić information content (AvgIpc) is 3.02. The van der Waals surface area contributed by atoms with Crippen molar-refractivity contribution < 1.29 is 4.79 Å². The minimum absolute atomic E-state index is 0.0477. The fraction of sp³-hybridized carbons (Fsp3) is 0.379. The van der Waals surface area contributed by atoms with Gasteiger partial charge in [-0.05, 0) is 48.4 Å². The van der Waals surface area contributed by atoms with E-state index in [1.54, 1.807) is 19.2 Å². The summed E-state index contributed by atoms with van der Waals surface area (Å²) >= 11 is 1.86. The number of nitrogens with zero attached hydrogens (tertiary/aromatic N) is 3. The predicted molar refractivity (Wildman–Crippen MR) is 143 cm³/mol. The highest BCUT2D eigenvalue weighted by Crippen LogP contribution is 2.42. The van der Waals surface area contributed by atoms with Crippen LogP contribution >= 0.6 is 11.8 Å². The molecular formula is C29H33N3O2S. The maximum atomic E-state index is 13.9. The fourth-order valence-electron chi connectivity index (χ4n) is 5.48. The molecule has 2 aliphatic heterocycles. The van der Waals surface area contributed by atoms with E-state index in [-0.39, 0.29) is 23.4 Å². The van der Waals surface area contributed by atoms with Crippen LogP contribution in [0.1, 0.15) is 72.4 Å². The highest BCUT2D eigenvalue weighted by atomic mass is 32.2. The Morgan fingerprint density at radius 3 is 2.46 bits per heavy atom. The number of hydrogen-bond acceptors (Lipinski definition) is 4. The number of amides is 1. The van der Waals surface area contributed by atoms with Gasteiger partial charge in [0.1, 0.15) is 12.4 Å². The number of hydrogen-bond donors (Lipinski definition) is 0. The van der Waals surface area contributed by atoms with Crippen molar-refractivity contribution in [1.29, 1.82) is 0 Å². The molecule has 3 aromatic rings. The first-order valence-corrected chi connectivity index (χ1v) is 13.5. The lowest BCUT2D eigenvalue weighted by Crippen LogP contribution is -2.58. The monoisotopic (exact) mass is 487 g/mol. The van der Waals surface area contributed by atoms with Gasteiger partial charge < -0.3 is 4.90 Å². The van der Waals surface area contributed by atoms with E-state index in [1.165, 1.54) is 21.6 Å². The zero-order chi connectivity index (χ0) is 24.7. The Morgan fingerprint density at radius 2 is 1.71 bits per heavy atom. The fourth-order valence-corrected chi connectivity index (χ4v) is 6.58. The number of pyridine rings is 1. The molecule has 182 valence electrons. The predicted octanol–water partition coefficient (Wildman–Crippen LogP) is 5.73. The molecule has 3 heterocycles. The summed E-state index contributed by atoms with van der Waals surface area (Å²) in [6, 6.07) is 18.8. The summed E-state index contributed by atoms with van der Waals surface area (Å²) < 4.78 is 1.95. The summed E-state index contributed by atoms with van der Waals surface area (Å²) in [4.78, 5) is 29.8. The van der Waals surface area contributed by atoms with Crippen molar-refractivity contribution in [2.75, 3.05) is 11.7 Å². The molecule has 0 saturated heterocycles. The van der Waals surface area contributed by atoms with Crippen LogP contribution in [0.5, 0.6) is 0 Å². The van der Waals surface area contributed by atoms with Gasteiger partial charge in [-0.25, -0.2) is 0 Å². The van der Waals surface area contributed by atoms with Gasteiger partial charge in [-0.1, -0.05) is 63.2 Å². The summed E-state index contributed by atoms with van der Waals surface area (Å²) in [5, 5.41) is 2.29. The molecule has 5 rings (SSSR count). The average molecular weight is 488 g/mol. The third-order valence-electron chi connectivity index (χ3n) is 7.26. The lowest BCUT2D eigenvalue weighted by Gasteiger charge is -2.47. The highest BCUT2D eigenvalue weighted by molar-refractivity contribution is 7.98. The number of carbonyl (C=O) groups excluding carboxylic acids is 1. The maximum absolute atomic E-state index is 13.9. The molecule has 2 atom stereocenters. The molecule has 0 radical (unpaired) electrons. The zero-order valence-electron chi connectivity index (χ0n) is 20.9. The summed E-state index contributed by atoms with van der Waals surface area (Å²) in [7, 11) is 0. The van der Waals surface area contributed by atoms with Crippen LogP contribution in [0.4, 0.5) is 0 Å². The number of rotatable bonds is 5. The van der Waals surface area contributed by atoms with Crippen LogP contribution in [0.2, 0.25) is 0 Å². The minimum Gasteiger partial charge on any atom is -0.315 e. The molecule has 35 heavy (non-hydrogen) atoms. The van der Waals surface area contributed by atoms with Crippen molar-refractivity contribution >= 4 is 17.7 Å². The third-order valence-corrected chi connectivity index (χ3v) is 8.40. The van der Waals surface area contributed by atoms with Crippen LogP contribution in [0.15, 0.2) is 70.5 Å². The van der Waals surface area contributed by atoms with Gasteiger partial charge in [0.15, 0.2) is 5.43 Å². The third kappa shape index (κ3) is 4.18. The molecular weight excluding hydrogens is 454 g/mol. The van der Waals surface area contributed by atoms with Crippen molar-refractivity contribution in [2.45, 2.75) is 63.3 Å². The normalized spacial score (nSPS) is 18.1. The van der Waals surface area contributed by atoms with E-state index in [9.17, 15) is 9.59 Å². The Balaban J connectivity index is 1.74. The quantitative estimate of drug-likeness (QED) is 0.461. The second-order valence-electron chi connectivity index (χ2n) is 9.97. The second kappa shape index (κ2) is 9.57. The lowest BCUT2D eigenvalue weighted by atomic mass is 9.94. The standard InChI is InChI=1S/C29H33N3O2S/c1-5-22(16-19(2)3)30-18-32(31-15-14-25(33)20(4)27(31)29(30)34)28-23-11-7-6-10-21(23)17-35-26-13-9-8-12-24(26)28/h6-15,19,22,28H,5,16-18H2,1-4H3/t22-,28?/m1/s1. The molecule has 0 fully saturated rings. The molecule has 5 nitrogen and oxygen atoms in total.